The van der Waals surface area contributed by atoms with E-state index >= 15 is 0 Å². The standard InChI is InChI=1S/C16H27NO2S/c1-5-7-17-16(12-20-8-6-2)13-9-14(18-3)11-15(10-13)19-4/h9-11,16-17H,5-8,12H2,1-4H3. The molecule has 0 saturated carbocycles. The van der Waals surface area contributed by atoms with Crippen LogP contribution >= 0.6 is 11.8 Å². The summed E-state index contributed by atoms with van der Waals surface area (Å²) in [4.78, 5) is 0. The maximum atomic E-state index is 5.36. The van der Waals surface area contributed by atoms with Gasteiger partial charge in [0.2, 0.25) is 0 Å². The largest absolute Gasteiger partial charge is 0.497 e. The highest BCUT2D eigenvalue weighted by molar-refractivity contribution is 7.99. The zero-order valence-electron chi connectivity index (χ0n) is 13.1. The molecule has 1 unspecified atom stereocenters. The highest BCUT2D eigenvalue weighted by atomic mass is 32.2. The summed E-state index contributed by atoms with van der Waals surface area (Å²) in [6, 6.07) is 6.46. The summed E-state index contributed by atoms with van der Waals surface area (Å²) in [5.74, 6) is 3.97. The molecule has 0 bridgehead atoms. The minimum Gasteiger partial charge on any atom is -0.497 e. The quantitative estimate of drug-likeness (QED) is 0.664. The SMILES string of the molecule is CCCNC(CSCCC)c1cc(OC)cc(OC)c1. The molecule has 0 fully saturated rings. The predicted molar refractivity (Wildman–Crippen MR) is 88.2 cm³/mol. The third-order valence-corrected chi connectivity index (χ3v) is 4.32. The van der Waals surface area contributed by atoms with E-state index in [1.54, 1.807) is 14.2 Å². The fourth-order valence-corrected chi connectivity index (χ4v) is 2.97. The summed E-state index contributed by atoms with van der Waals surface area (Å²) >= 11 is 1.99. The van der Waals surface area contributed by atoms with Crippen LogP contribution < -0.4 is 14.8 Å². The van der Waals surface area contributed by atoms with E-state index in [0.29, 0.717) is 6.04 Å². The van der Waals surface area contributed by atoms with Gasteiger partial charge in [0, 0.05) is 17.9 Å². The molecule has 4 heteroatoms. The summed E-state index contributed by atoms with van der Waals surface area (Å²) in [5.41, 5.74) is 1.23. The average molecular weight is 297 g/mol. The highest BCUT2D eigenvalue weighted by Gasteiger charge is 2.13. The molecule has 0 aromatic heterocycles. The van der Waals surface area contributed by atoms with Crippen LogP contribution in [0.5, 0.6) is 11.5 Å². The highest BCUT2D eigenvalue weighted by Crippen LogP contribution is 2.28. The molecule has 0 amide bonds. The third-order valence-electron chi connectivity index (χ3n) is 3.05. The van der Waals surface area contributed by atoms with Crippen molar-refractivity contribution in [2.24, 2.45) is 0 Å². The molecule has 0 heterocycles. The molecule has 0 aliphatic rings. The Morgan fingerprint density at radius 1 is 1.05 bits per heavy atom. The zero-order chi connectivity index (χ0) is 14.8. The van der Waals surface area contributed by atoms with E-state index in [9.17, 15) is 0 Å². The number of ether oxygens (including phenoxy) is 2. The van der Waals surface area contributed by atoms with Crippen LogP contribution in [0.15, 0.2) is 18.2 Å². The summed E-state index contributed by atoms with van der Waals surface area (Å²) in [6.07, 6.45) is 2.35. The van der Waals surface area contributed by atoms with E-state index in [1.165, 1.54) is 17.7 Å². The third kappa shape index (κ3) is 5.63. The zero-order valence-corrected chi connectivity index (χ0v) is 13.9. The lowest BCUT2D eigenvalue weighted by Gasteiger charge is -2.20. The van der Waals surface area contributed by atoms with Gasteiger partial charge in [-0.05, 0) is 42.8 Å². The Morgan fingerprint density at radius 3 is 2.20 bits per heavy atom. The van der Waals surface area contributed by atoms with Crippen molar-refractivity contribution in [3.05, 3.63) is 23.8 Å². The second kappa shape index (κ2) is 9.94. The van der Waals surface area contributed by atoms with Crippen LogP contribution in [0, 0.1) is 0 Å². The Hall–Kier alpha value is -0.870. The van der Waals surface area contributed by atoms with Crippen LogP contribution in [0.1, 0.15) is 38.3 Å². The van der Waals surface area contributed by atoms with Crippen LogP contribution in [-0.2, 0) is 0 Å². The fourth-order valence-electron chi connectivity index (χ4n) is 1.97. The first kappa shape index (κ1) is 17.2. The first-order valence-electron chi connectivity index (χ1n) is 7.29. The molecule has 0 aliphatic carbocycles. The second-order valence-electron chi connectivity index (χ2n) is 4.73. The number of thioether (sulfide) groups is 1. The van der Waals surface area contributed by atoms with Gasteiger partial charge in [-0.25, -0.2) is 0 Å². The molecule has 1 N–H and O–H groups in total. The van der Waals surface area contributed by atoms with Gasteiger partial charge < -0.3 is 14.8 Å². The van der Waals surface area contributed by atoms with Crippen molar-refractivity contribution in [2.75, 3.05) is 32.3 Å². The first-order valence-corrected chi connectivity index (χ1v) is 8.44. The Labute approximate surface area is 127 Å². The molecule has 1 aromatic carbocycles. The van der Waals surface area contributed by atoms with Gasteiger partial charge >= 0.3 is 0 Å². The second-order valence-corrected chi connectivity index (χ2v) is 5.88. The Balaban J connectivity index is 2.86. The number of hydrogen-bond acceptors (Lipinski definition) is 4. The van der Waals surface area contributed by atoms with Crippen molar-refractivity contribution in [3.8, 4) is 11.5 Å². The molecule has 20 heavy (non-hydrogen) atoms. The monoisotopic (exact) mass is 297 g/mol. The maximum absolute atomic E-state index is 5.36. The number of benzene rings is 1. The molecule has 1 rings (SSSR count). The van der Waals surface area contributed by atoms with Crippen molar-refractivity contribution in [2.45, 2.75) is 32.7 Å². The Bertz CT molecular complexity index is 362. The molecular weight excluding hydrogens is 270 g/mol. The van der Waals surface area contributed by atoms with E-state index in [1.807, 2.05) is 17.8 Å². The Morgan fingerprint density at radius 2 is 1.70 bits per heavy atom. The van der Waals surface area contributed by atoms with E-state index in [0.717, 1.165) is 30.2 Å². The molecule has 1 aromatic rings. The van der Waals surface area contributed by atoms with Crippen molar-refractivity contribution >= 4 is 11.8 Å². The van der Waals surface area contributed by atoms with Gasteiger partial charge in [0.05, 0.1) is 14.2 Å². The number of rotatable bonds is 10. The molecular formula is C16H27NO2S. The van der Waals surface area contributed by atoms with Crippen molar-refractivity contribution in [1.82, 2.24) is 5.32 Å². The lowest BCUT2D eigenvalue weighted by molar-refractivity contribution is 0.392. The predicted octanol–water partition coefficient (Wildman–Crippen LogP) is 3.89. The molecule has 0 spiro atoms. The molecule has 114 valence electrons. The molecule has 1 atom stereocenters. The summed E-state index contributed by atoms with van der Waals surface area (Å²) in [5, 5.41) is 3.62. The average Bonchev–Trinajstić information content (AvgIpc) is 2.50. The summed E-state index contributed by atoms with van der Waals surface area (Å²) in [7, 11) is 3.39. The lowest BCUT2D eigenvalue weighted by Crippen LogP contribution is -2.24. The van der Waals surface area contributed by atoms with Crippen LogP contribution in [0.2, 0.25) is 0 Å². The number of methoxy groups -OCH3 is 2. The normalized spacial score (nSPS) is 12.2. The molecule has 0 radical (unpaired) electrons. The van der Waals surface area contributed by atoms with Crippen LogP contribution in [0.3, 0.4) is 0 Å². The minimum atomic E-state index is 0.343. The molecule has 0 saturated heterocycles. The summed E-state index contributed by atoms with van der Waals surface area (Å²) < 4.78 is 10.7. The molecule has 0 aliphatic heterocycles. The first-order chi connectivity index (χ1) is 9.74. The topological polar surface area (TPSA) is 30.5 Å². The number of nitrogens with one attached hydrogen (secondary N) is 1. The minimum absolute atomic E-state index is 0.343. The van der Waals surface area contributed by atoms with Gasteiger partial charge in [-0.15, -0.1) is 0 Å². The van der Waals surface area contributed by atoms with E-state index in [2.05, 4.69) is 31.3 Å². The van der Waals surface area contributed by atoms with Gasteiger partial charge in [-0.1, -0.05) is 13.8 Å². The number of hydrogen-bond donors (Lipinski definition) is 1. The van der Waals surface area contributed by atoms with Crippen LogP contribution in [0.25, 0.3) is 0 Å². The van der Waals surface area contributed by atoms with Crippen molar-refractivity contribution in [1.29, 1.82) is 0 Å². The lowest BCUT2D eigenvalue weighted by atomic mass is 10.1. The smallest absolute Gasteiger partial charge is 0.122 e. The van der Waals surface area contributed by atoms with Gasteiger partial charge in [-0.3, -0.25) is 0 Å². The van der Waals surface area contributed by atoms with Gasteiger partial charge in [0.15, 0.2) is 0 Å². The van der Waals surface area contributed by atoms with Crippen LogP contribution in [-0.4, -0.2) is 32.3 Å². The summed E-state index contributed by atoms with van der Waals surface area (Å²) in [6.45, 7) is 5.43. The maximum Gasteiger partial charge on any atom is 0.122 e. The van der Waals surface area contributed by atoms with Gasteiger partial charge in [0.25, 0.3) is 0 Å². The van der Waals surface area contributed by atoms with Gasteiger partial charge in [0.1, 0.15) is 11.5 Å². The van der Waals surface area contributed by atoms with Crippen LogP contribution in [0.4, 0.5) is 0 Å². The Kier molecular flexibility index (Phi) is 8.54. The van der Waals surface area contributed by atoms with E-state index in [4.69, 9.17) is 9.47 Å². The fraction of sp³-hybridized carbons (Fsp3) is 0.625. The molecule has 3 nitrogen and oxygen atoms in total. The van der Waals surface area contributed by atoms with E-state index < -0.39 is 0 Å². The van der Waals surface area contributed by atoms with E-state index in [-0.39, 0.29) is 0 Å². The van der Waals surface area contributed by atoms with Crippen molar-refractivity contribution < 1.29 is 9.47 Å². The van der Waals surface area contributed by atoms with Gasteiger partial charge in [-0.2, -0.15) is 11.8 Å². The van der Waals surface area contributed by atoms with Crippen molar-refractivity contribution in [3.63, 3.8) is 0 Å².